The summed E-state index contributed by atoms with van der Waals surface area (Å²) >= 11 is 5.07. The molecule has 0 atom stereocenters. The van der Waals surface area contributed by atoms with Crippen molar-refractivity contribution in [1.82, 2.24) is 0 Å². The van der Waals surface area contributed by atoms with Gasteiger partial charge in [-0.25, -0.2) is 0 Å². The minimum absolute atomic E-state index is 0.280. The molecule has 0 unspecified atom stereocenters. The van der Waals surface area contributed by atoms with E-state index in [0.29, 0.717) is 0 Å². The topological polar surface area (TPSA) is 17.1 Å². The van der Waals surface area contributed by atoms with E-state index in [2.05, 4.69) is 0 Å². The van der Waals surface area contributed by atoms with Crippen molar-refractivity contribution in [3.63, 3.8) is 0 Å². The van der Waals surface area contributed by atoms with E-state index in [4.69, 9.17) is 11.6 Å². The second kappa shape index (κ2) is 1.34. The molecule has 0 aromatic heterocycles. The highest BCUT2D eigenvalue weighted by Crippen LogP contribution is 2.31. The lowest BCUT2D eigenvalue weighted by Crippen LogP contribution is -1.75. The first kappa shape index (κ1) is 4.85. The van der Waals surface area contributed by atoms with Crippen molar-refractivity contribution in [3.8, 4) is 0 Å². The smallest absolute Gasteiger partial charge is 0.248 e. The molecule has 0 heterocycles. The third kappa shape index (κ3) is 0.829. The van der Waals surface area contributed by atoms with Crippen LogP contribution in [0.4, 0.5) is 0 Å². The average molecular weight is 117 g/mol. The summed E-state index contributed by atoms with van der Waals surface area (Å²) in [6.45, 7) is 1.91. The summed E-state index contributed by atoms with van der Waals surface area (Å²) in [5, 5.41) is -0.280. The molecule has 0 N–H and O–H groups in total. The Balaban J connectivity index is 2.62. The molecule has 1 rings (SSSR count). The molecular weight excluding hydrogens is 112 g/mol. The first-order chi connectivity index (χ1) is 3.22. The van der Waals surface area contributed by atoms with Gasteiger partial charge in [0.15, 0.2) is 0 Å². The second-order valence-corrected chi connectivity index (χ2v) is 2.05. The molecule has 0 saturated heterocycles. The van der Waals surface area contributed by atoms with Crippen LogP contribution in [0, 0.1) is 0 Å². The van der Waals surface area contributed by atoms with E-state index in [1.165, 1.54) is 0 Å². The zero-order valence-electron chi connectivity index (χ0n) is 3.99. The van der Waals surface area contributed by atoms with Crippen LogP contribution in [0.3, 0.4) is 0 Å². The summed E-state index contributed by atoms with van der Waals surface area (Å²) < 4.78 is 0. The molecule has 7 heavy (non-hydrogen) atoms. The molecule has 0 aliphatic heterocycles. The molecule has 0 saturated carbocycles. The van der Waals surface area contributed by atoms with Gasteiger partial charge in [-0.2, -0.15) is 0 Å². The summed E-state index contributed by atoms with van der Waals surface area (Å²) in [5.41, 5.74) is 1.95. The Morgan fingerprint density at radius 1 is 1.86 bits per heavy atom. The summed E-state index contributed by atoms with van der Waals surface area (Å²) in [4.78, 5) is 10.1. The molecule has 1 nitrogen and oxygen atoms in total. The largest absolute Gasteiger partial charge is 0.276 e. The molecule has 0 bridgehead atoms. The van der Waals surface area contributed by atoms with Gasteiger partial charge in [0, 0.05) is 5.57 Å². The van der Waals surface area contributed by atoms with Crippen LogP contribution in [0.1, 0.15) is 13.3 Å². The van der Waals surface area contributed by atoms with Crippen molar-refractivity contribution in [3.05, 3.63) is 11.1 Å². The number of hydrogen-bond acceptors (Lipinski definition) is 1. The highest BCUT2D eigenvalue weighted by Gasteiger charge is 2.21. The Kier molecular flexibility index (Phi) is 0.927. The SMILES string of the molecule is CC1=C(C(=O)Cl)C1. The molecule has 38 valence electrons. The molecule has 0 aromatic carbocycles. The van der Waals surface area contributed by atoms with Gasteiger partial charge in [-0.15, -0.1) is 0 Å². The zero-order valence-corrected chi connectivity index (χ0v) is 4.75. The third-order valence-electron chi connectivity index (χ3n) is 1.07. The van der Waals surface area contributed by atoms with Crippen molar-refractivity contribution in [2.24, 2.45) is 0 Å². The van der Waals surface area contributed by atoms with Crippen LogP contribution in [-0.4, -0.2) is 5.24 Å². The fourth-order valence-corrected chi connectivity index (χ4v) is 0.686. The summed E-state index contributed by atoms with van der Waals surface area (Å²) in [6, 6.07) is 0. The van der Waals surface area contributed by atoms with E-state index in [9.17, 15) is 4.79 Å². The van der Waals surface area contributed by atoms with Gasteiger partial charge in [0.25, 0.3) is 0 Å². The molecule has 1 aliphatic carbocycles. The van der Waals surface area contributed by atoms with Gasteiger partial charge in [-0.1, -0.05) is 5.57 Å². The Bertz CT molecular complexity index is 141. The summed E-state index contributed by atoms with van der Waals surface area (Å²) in [6.07, 6.45) is 0.836. The molecule has 0 fully saturated rings. The lowest BCUT2D eigenvalue weighted by Gasteiger charge is -1.67. The van der Waals surface area contributed by atoms with Gasteiger partial charge < -0.3 is 0 Å². The lowest BCUT2D eigenvalue weighted by atomic mass is 10.6. The number of allylic oxidation sites excluding steroid dienone is 2. The zero-order chi connectivity index (χ0) is 5.44. The molecule has 2 heteroatoms. The van der Waals surface area contributed by atoms with Crippen LogP contribution in [0.2, 0.25) is 0 Å². The van der Waals surface area contributed by atoms with E-state index < -0.39 is 0 Å². The maximum absolute atomic E-state index is 10.1. The van der Waals surface area contributed by atoms with Gasteiger partial charge in [-0.3, -0.25) is 4.79 Å². The molecule has 0 amide bonds. The average Bonchev–Trinajstić information content (AvgIpc) is 2.17. The van der Waals surface area contributed by atoms with Gasteiger partial charge >= 0.3 is 0 Å². The number of carbonyl (C=O) groups is 1. The predicted octanol–water partition coefficient (Wildman–Crippen LogP) is 1.47. The Morgan fingerprint density at radius 3 is 2.29 bits per heavy atom. The van der Waals surface area contributed by atoms with E-state index in [-0.39, 0.29) is 5.24 Å². The van der Waals surface area contributed by atoms with Crippen molar-refractivity contribution < 1.29 is 4.79 Å². The van der Waals surface area contributed by atoms with Crippen LogP contribution in [0.15, 0.2) is 11.1 Å². The van der Waals surface area contributed by atoms with Gasteiger partial charge in [-0.05, 0) is 24.9 Å². The molecule has 0 spiro atoms. The fourth-order valence-electron chi connectivity index (χ4n) is 0.458. The Hall–Kier alpha value is -0.300. The summed E-state index contributed by atoms with van der Waals surface area (Å²) in [5.74, 6) is 0. The summed E-state index contributed by atoms with van der Waals surface area (Å²) in [7, 11) is 0. The van der Waals surface area contributed by atoms with Crippen LogP contribution in [0.5, 0.6) is 0 Å². The first-order valence-electron chi connectivity index (χ1n) is 2.10. The minimum atomic E-state index is -0.280. The Morgan fingerprint density at radius 2 is 2.29 bits per heavy atom. The van der Waals surface area contributed by atoms with Crippen LogP contribution in [-0.2, 0) is 4.79 Å². The molecule has 0 aromatic rings. The van der Waals surface area contributed by atoms with E-state index in [0.717, 1.165) is 17.6 Å². The highest BCUT2D eigenvalue weighted by atomic mass is 35.5. The quantitative estimate of drug-likeness (QED) is 0.474. The van der Waals surface area contributed by atoms with E-state index in [1.807, 2.05) is 6.92 Å². The second-order valence-electron chi connectivity index (χ2n) is 1.71. The van der Waals surface area contributed by atoms with Crippen molar-refractivity contribution >= 4 is 16.8 Å². The van der Waals surface area contributed by atoms with Gasteiger partial charge in [0.2, 0.25) is 5.24 Å². The van der Waals surface area contributed by atoms with Crippen molar-refractivity contribution in [2.75, 3.05) is 0 Å². The molecule has 0 radical (unpaired) electrons. The van der Waals surface area contributed by atoms with Crippen LogP contribution < -0.4 is 0 Å². The number of hydrogen-bond donors (Lipinski definition) is 0. The standard InChI is InChI=1S/C5H5ClO/c1-3-2-4(3)5(6)7/h2H2,1H3. The monoisotopic (exact) mass is 116 g/mol. The highest BCUT2D eigenvalue weighted by molar-refractivity contribution is 6.68. The Labute approximate surface area is 47.0 Å². The van der Waals surface area contributed by atoms with E-state index >= 15 is 0 Å². The number of carbonyl (C=O) groups excluding carboxylic acids is 1. The predicted molar refractivity (Wildman–Crippen MR) is 28.2 cm³/mol. The normalized spacial score (nSPS) is 17.4. The number of halogens is 1. The maximum Gasteiger partial charge on any atom is 0.248 e. The fraction of sp³-hybridized carbons (Fsp3) is 0.400. The van der Waals surface area contributed by atoms with E-state index in [1.54, 1.807) is 0 Å². The maximum atomic E-state index is 10.1. The van der Waals surface area contributed by atoms with Crippen molar-refractivity contribution in [1.29, 1.82) is 0 Å². The molecule has 1 aliphatic rings. The van der Waals surface area contributed by atoms with Crippen LogP contribution >= 0.6 is 11.6 Å². The van der Waals surface area contributed by atoms with Gasteiger partial charge in [0.05, 0.1) is 0 Å². The minimum Gasteiger partial charge on any atom is -0.276 e. The van der Waals surface area contributed by atoms with Crippen LogP contribution in [0.25, 0.3) is 0 Å². The number of rotatable bonds is 1. The third-order valence-corrected chi connectivity index (χ3v) is 1.30. The lowest BCUT2D eigenvalue weighted by molar-refractivity contribution is -0.108. The molecular formula is C5H5ClO. The van der Waals surface area contributed by atoms with Gasteiger partial charge in [0.1, 0.15) is 0 Å². The van der Waals surface area contributed by atoms with Crippen molar-refractivity contribution in [2.45, 2.75) is 13.3 Å². The first-order valence-corrected chi connectivity index (χ1v) is 2.48.